The molecule has 0 saturated carbocycles. The molecule has 9 heteroatoms. The van der Waals surface area contributed by atoms with E-state index in [0.29, 0.717) is 40.7 Å². The van der Waals surface area contributed by atoms with Crippen molar-refractivity contribution in [2.75, 3.05) is 19.0 Å². The number of methoxy groups -OCH3 is 1. The summed E-state index contributed by atoms with van der Waals surface area (Å²) in [6.07, 6.45) is 1.43. The van der Waals surface area contributed by atoms with E-state index in [0.717, 1.165) is 0 Å². The van der Waals surface area contributed by atoms with Gasteiger partial charge in [0.2, 0.25) is 0 Å². The van der Waals surface area contributed by atoms with Crippen molar-refractivity contribution in [2.24, 2.45) is 0 Å². The average molecular weight is 473 g/mol. The van der Waals surface area contributed by atoms with Crippen LogP contribution >= 0.6 is 0 Å². The fourth-order valence-electron chi connectivity index (χ4n) is 3.06. The number of anilines is 1. The number of ether oxygens (including phenoxy) is 3. The maximum Gasteiger partial charge on any atom is 0.269 e. The standard InChI is InChI=1S/C26H23N3O6/c1-3-34-23-12-7-21(8-13-23)28-26(30)20(16-27)14-19-6-11-24(33-2)15-25(19)35-17-18-4-9-22(10-5-18)29(31)32/h4-15H,3,17H2,1-2H3,(H,28,30)/b20-14+. The van der Waals surface area contributed by atoms with E-state index in [1.54, 1.807) is 54.6 Å². The van der Waals surface area contributed by atoms with Crippen molar-refractivity contribution in [2.45, 2.75) is 13.5 Å². The number of hydrogen-bond acceptors (Lipinski definition) is 7. The third kappa shape index (κ3) is 6.82. The first-order chi connectivity index (χ1) is 16.9. The molecule has 0 bridgehead atoms. The molecule has 0 aliphatic carbocycles. The van der Waals surface area contributed by atoms with Gasteiger partial charge in [-0.05, 0) is 67.1 Å². The number of amides is 1. The lowest BCUT2D eigenvalue weighted by Gasteiger charge is -2.12. The van der Waals surface area contributed by atoms with Crippen LogP contribution in [0.25, 0.3) is 6.08 Å². The van der Waals surface area contributed by atoms with Crippen LogP contribution in [0.2, 0.25) is 0 Å². The van der Waals surface area contributed by atoms with Crippen molar-refractivity contribution in [1.82, 2.24) is 0 Å². The first kappa shape index (κ1) is 24.8. The highest BCUT2D eigenvalue weighted by molar-refractivity contribution is 6.09. The van der Waals surface area contributed by atoms with Gasteiger partial charge in [0.1, 0.15) is 35.5 Å². The Bertz CT molecular complexity index is 1260. The Morgan fingerprint density at radius 2 is 1.74 bits per heavy atom. The zero-order chi connectivity index (χ0) is 25.2. The monoisotopic (exact) mass is 473 g/mol. The summed E-state index contributed by atoms with van der Waals surface area (Å²) < 4.78 is 16.5. The quantitative estimate of drug-likeness (QED) is 0.187. The third-order valence-electron chi connectivity index (χ3n) is 4.85. The molecule has 3 aromatic rings. The van der Waals surface area contributed by atoms with Gasteiger partial charge in [-0.25, -0.2) is 0 Å². The minimum atomic E-state index is -0.575. The molecule has 9 nitrogen and oxygen atoms in total. The number of nitrogens with zero attached hydrogens (tertiary/aromatic N) is 2. The van der Waals surface area contributed by atoms with Crippen LogP contribution in [0.5, 0.6) is 17.2 Å². The summed E-state index contributed by atoms with van der Waals surface area (Å²) >= 11 is 0. The Balaban J connectivity index is 1.79. The van der Waals surface area contributed by atoms with Crippen LogP contribution in [0.1, 0.15) is 18.1 Å². The van der Waals surface area contributed by atoms with E-state index in [4.69, 9.17) is 14.2 Å². The van der Waals surface area contributed by atoms with Crippen molar-refractivity contribution in [3.63, 3.8) is 0 Å². The second kappa shape index (κ2) is 11.9. The first-order valence-electron chi connectivity index (χ1n) is 10.6. The van der Waals surface area contributed by atoms with Crippen LogP contribution in [-0.2, 0) is 11.4 Å². The molecule has 0 spiro atoms. The summed E-state index contributed by atoms with van der Waals surface area (Å²) in [7, 11) is 1.51. The van der Waals surface area contributed by atoms with Crippen LogP contribution in [0, 0.1) is 21.4 Å². The molecular formula is C26H23N3O6. The van der Waals surface area contributed by atoms with E-state index in [1.807, 2.05) is 13.0 Å². The molecule has 1 amide bonds. The molecule has 0 aliphatic heterocycles. The van der Waals surface area contributed by atoms with Crippen LogP contribution in [-0.4, -0.2) is 24.5 Å². The zero-order valence-corrected chi connectivity index (χ0v) is 19.2. The summed E-state index contributed by atoms with van der Waals surface area (Å²) in [6, 6.07) is 19.7. The molecule has 0 aliphatic rings. The van der Waals surface area contributed by atoms with Gasteiger partial charge >= 0.3 is 0 Å². The Morgan fingerprint density at radius 3 is 2.34 bits per heavy atom. The zero-order valence-electron chi connectivity index (χ0n) is 19.2. The second-order valence-corrected chi connectivity index (χ2v) is 7.20. The smallest absolute Gasteiger partial charge is 0.269 e. The molecule has 0 atom stereocenters. The average Bonchev–Trinajstić information content (AvgIpc) is 2.87. The normalized spacial score (nSPS) is 10.7. The third-order valence-corrected chi connectivity index (χ3v) is 4.85. The van der Waals surface area contributed by atoms with Gasteiger partial charge < -0.3 is 19.5 Å². The van der Waals surface area contributed by atoms with E-state index in [2.05, 4.69) is 5.32 Å². The summed E-state index contributed by atoms with van der Waals surface area (Å²) in [5, 5.41) is 23.1. The largest absolute Gasteiger partial charge is 0.497 e. The first-order valence-corrected chi connectivity index (χ1v) is 10.6. The number of rotatable bonds is 10. The van der Waals surface area contributed by atoms with Gasteiger partial charge in [-0.3, -0.25) is 14.9 Å². The number of non-ortho nitro benzene ring substituents is 1. The number of nitrogens with one attached hydrogen (secondary N) is 1. The SMILES string of the molecule is CCOc1ccc(NC(=O)/C(C#N)=C/c2ccc(OC)cc2OCc2ccc([N+](=O)[O-])cc2)cc1. The molecule has 1 N–H and O–H groups in total. The van der Waals surface area contributed by atoms with E-state index < -0.39 is 10.8 Å². The number of nitro groups is 1. The van der Waals surface area contributed by atoms with Crippen LogP contribution in [0.3, 0.4) is 0 Å². The fraction of sp³-hybridized carbons (Fsp3) is 0.154. The number of benzene rings is 3. The number of carbonyl (C=O) groups excluding carboxylic acids is 1. The van der Waals surface area contributed by atoms with Crippen molar-refractivity contribution >= 4 is 23.4 Å². The molecule has 0 aromatic heterocycles. The minimum Gasteiger partial charge on any atom is -0.497 e. The lowest BCUT2D eigenvalue weighted by Crippen LogP contribution is -2.13. The summed E-state index contributed by atoms with van der Waals surface area (Å²) in [5.74, 6) is 1.01. The maximum absolute atomic E-state index is 12.7. The molecular weight excluding hydrogens is 450 g/mol. The predicted molar refractivity (Wildman–Crippen MR) is 130 cm³/mol. The van der Waals surface area contributed by atoms with E-state index in [-0.39, 0.29) is 17.9 Å². The predicted octanol–water partition coefficient (Wildman–Crippen LogP) is 5.13. The van der Waals surface area contributed by atoms with Crippen LogP contribution < -0.4 is 19.5 Å². The molecule has 35 heavy (non-hydrogen) atoms. The van der Waals surface area contributed by atoms with Gasteiger partial charge in [-0.2, -0.15) is 5.26 Å². The van der Waals surface area contributed by atoms with E-state index >= 15 is 0 Å². The Hall–Kier alpha value is -4.84. The Kier molecular flexibility index (Phi) is 8.40. The topological polar surface area (TPSA) is 124 Å². The van der Waals surface area contributed by atoms with Crippen molar-refractivity contribution in [3.8, 4) is 23.3 Å². The minimum absolute atomic E-state index is 0.0176. The molecule has 0 fully saturated rings. The number of carbonyl (C=O) groups is 1. The summed E-state index contributed by atoms with van der Waals surface area (Å²) in [5.41, 5.74) is 1.58. The van der Waals surface area contributed by atoms with E-state index in [1.165, 1.54) is 25.3 Å². The molecule has 0 unspecified atom stereocenters. The van der Waals surface area contributed by atoms with Crippen molar-refractivity contribution < 1.29 is 23.9 Å². The maximum atomic E-state index is 12.7. The fourth-order valence-corrected chi connectivity index (χ4v) is 3.06. The highest BCUT2D eigenvalue weighted by Gasteiger charge is 2.13. The Labute approximate surface area is 202 Å². The van der Waals surface area contributed by atoms with Crippen molar-refractivity contribution in [1.29, 1.82) is 5.26 Å². The van der Waals surface area contributed by atoms with Crippen LogP contribution in [0.15, 0.2) is 72.3 Å². The van der Waals surface area contributed by atoms with Gasteiger partial charge in [0.05, 0.1) is 18.6 Å². The van der Waals surface area contributed by atoms with Gasteiger partial charge in [-0.15, -0.1) is 0 Å². The Morgan fingerprint density at radius 1 is 1.06 bits per heavy atom. The second-order valence-electron chi connectivity index (χ2n) is 7.20. The molecule has 0 heterocycles. The molecule has 0 saturated heterocycles. The molecule has 3 aromatic carbocycles. The summed E-state index contributed by atoms with van der Waals surface area (Å²) in [4.78, 5) is 23.1. The molecule has 3 rings (SSSR count). The van der Waals surface area contributed by atoms with Gasteiger partial charge in [-0.1, -0.05) is 0 Å². The van der Waals surface area contributed by atoms with Gasteiger partial charge in [0.15, 0.2) is 0 Å². The van der Waals surface area contributed by atoms with E-state index in [9.17, 15) is 20.2 Å². The van der Waals surface area contributed by atoms with Gasteiger partial charge in [0.25, 0.3) is 11.6 Å². The van der Waals surface area contributed by atoms with Crippen LogP contribution in [0.4, 0.5) is 11.4 Å². The van der Waals surface area contributed by atoms with Gasteiger partial charge in [0, 0.05) is 29.4 Å². The highest BCUT2D eigenvalue weighted by Crippen LogP contribution is 2.28. The highest BCUT2D eigenvalue weighted by atomic mass is 16.6. The summed E-state index contributed by atoms with van der Waals surface area (Å²) in [6.45, 7) is 2.53. The lowest BCUT2D eigenvalue weighted by molar-refractivity contribution is -0.384. The number of nitro benzene ring substituents is 1. The molecule has 0 radical (unpaired) electrons. The number of hydrogen-bond donors (Lipinski definition) is 1. The van der Waals surface area contributed by atoms with Crippen molar-refractivity contribution in [3.05, 3.63) is 93.5 Å². The molecule has 178 valence electrons. The lowest BCUT2D eigenvalue weighted by atomic mass is 10.1. The number of nitriles is 1.